The molecule has 0 aromatic rings. The second-order valence-electron chi connectivity index (χ2n) is 2.84. The van der Waals surface area contributed by atoms with Gasteiger partial charge < -0.3 is 9.64 Å². The van der Waals surface area contributed by atoms with Crippen LogP contribution < -0.4 is 0 Å². The highest BCUT2D eigenvalue weighted by Crippen LogP contribution is 2.02. The maximum absolute atomic E-state index is 11.1. The first-order valence-electron chi connectivity index (χ1n) is 4.24. The lowest BCUT2D eigenvalue weighted by atomic mass is 10.2. The molecule has 3 heteroatoms. The van der Waals surface area contributed by atoms with Gasteiger partial charge in [-0.25, -0.2) is 4.79 Å². The minimum atomic E-state index is -0.258. The molecule has 0 aromatic carbocycles. The lowest BCUT2D eigenvalue weighted by molar-refractivity contribution is -0.136. The van der Waals surface area contributed by atoms with Crippen LogP contribution in [0.25, 0.3) is 0 Å². The molecule has 0 rings (SSSR count). The molecule has 0 aliphatic carbocycles. The zero-order valence-electron chi connectivity index (χ0n) is 8.70. The van der Waals surface area contributed by atoms with E-state index >= 15 is 0 Å². The van der Waals surface area contributed by atoms with Crippen LogP contribution in [0, 0.1) is 0 Å². The predicted molar refractivity (Wildman–Crippen MR) is 53.2 cm³/mol. The van der Waals surface area contributed by atoms with Crippen LogP contribution in [0.4, 0.5) is 0 Å². The summed E-state index contributed by atoms with van der Waals surface area (Å²) in [6.45, 7) is 1.92. The van der Waals surface area contributed by atoms with Gasteiger partial charge in [0, 0.05) is 19.7 Å². The zero-order valence-corrected chi connectivity index (χ0v) is 8.70. The highest BCUT2D eigenvalue weighted by Gasteiger charge is 2.04. The maximum atomic E-state index is 11.1. The number of carbonyl (C=O) groups is 1. The van der Waals surface area contributed by atoms with Crippen LogP contribution in [-0.2, 0) is 9.53 Å². The van der Waals surface area contributed by atoms with E-state index in [4.69, 9.17) is 0 Å². The summed E-state index contributed by atoms with van der Waals surface area (Å²) in [6.07, 6.45) is 6.16. The largest absolute Gasteiger partial charge is 0.466 e. The Balaban J connectivity index is 4.31. The molecule has 0 amide bonds. The van der Waals surface area contributed by atoms with Crippen molar-refractivity contribution in [3.05, 3.63) is 23.9 Å². The fourth-order valence-electron chi connectivity index (χ4n) is 0.793. The van der Waals surface area contributed by atoms with E-state index in [2.05, 4.69) is 4.74 Å². The number of hydrogen-bond donors (Lipinski definition) is 0. The van der Waals surface area contributed by atoms with Crippen molar-refractivity contribution in [3.63, 3.8) is 0 Å². The fourth-order valence-corrected chi connectivity index (χ4v) is 0.793. The Labute approximate surface area is 79.7 Å². The van der Waals surface area contributed by atoms with E-state index in [0.717, 1.165) is 0 Å². The predicted octanol–water partition coefficient (Wildman–Crippen LogP) is 1.57. The van der Waals surface area contributed by atoms with Gasteiger partial charge in [0.15, 0.2) is 0 Å². The van der Waals surface area contributed by atoms with Crippen LogP contribution in [-0.4, -0.2) is 32.1 Å². The number of methoxy groups -OCH3 is 1. The van der Waals surface area contributed by atoms with Crippen LogP contribution in [0.1, 0.15) is 13.3 Å². The SMILES string of the molecule is CC/C(=C\C=C\N(C)C)C(=O)OC. The van der Waals surface area contributed by atoms with Gasteiger partial charge in [-0.15, -0.1) is 0 Å². The van der Waals surface area contributed by atoms with Gasteiger partial charge in [0.2, 0.25) is 0 Å². The summed E-state index contributed by atoms with van der Waals surface area (Å²) in [5.41, 5.74) is 0.681. The van der Waals surface area contributed by atoms with E-state index < -0.39 is 0 Å². The van der Waals surface area contributed by atoms with Crippen LogP contribution >= 0.6 is 0 Å². The van der Waals surface area contributed by atoms with Gasteiger partial charge >= 0.3 is 5.97 Å². The summed E-state index contributed by atoms with van der Waals surface area (Å²) in [4.78, 5) is 13.0. The molecule has 0 aromatic heterocycles. The van der Waals surface area contributed by atoms with Crippen molar-refractivity contribution in [2.45, 2.75) is 13.3 Å². The Bertz CT molecular complexity index is 217. The molecule has 0 bridgehead atoms. The summed E-state index contributed by atoms with van der Waals surface area (Å²) in [6, 6.07) is 0. The highest BCUT2D eigenvalue weighted by molar-refractivity contribution is 5.88. The minimum Gasteiger partial charge on any atom is -0.466 e. The molecule has 0 spiro atoms. The van der Waals surface area contributed by atoms with Crippen molar-refractivity contribution in [1.29, 1.82) is 0 Å². The highest BCUT2D eigenvalue weighted by atomic mass is 16.5. The zero-order chi connectivity index (χ0) is 10.3. The average Bonchev–Trinajstić information content (AvgIpc) is 2.11. The van der Waals surface area contributed by atoms with Crippen molar-refractivity contribution in [3.8, 4) is 0 Å². The lowest BCUT2D eigenvalue weighted by Gasteiger charge is -2.02. The first-order valence-corrected chi connectivity index (χ1v) is 4.24. The van der Waals surface area contributed by atoms with Gasteiger partial charge in [-0.05, 0) is 18.7 Å². The Hall–Kier alpha value is -1.25. The first-order chi connectivity index (χ1) is 6.11. The van der Waals surface area contributed by atoms with Gasteiger partial charge in [0.05, 0.1) is 7.11 Å². The number of nitrogens with zero attached hydrogens (tertiary/aromatic N) is 1. The molecule has 0 saturated carbocycles. The van der Waals surface area contributed by atoms with Crippen molar-refractivity contribution in [1.82, 2.24) is 4.90 Å². The summed E-state index contributed by atoms with van der Waals surface area (Å²) < 4.78 is 4.61. The molecular weight excluding hydrogens is 166 g/mol. The Morgan fingerprint density at radius 2 is 2.08 bits per heavy atom. The van der Waals surface area contributed by atoms with E-state index in [1.165, 1.54) is 7.11 Å². The summed E-state index contributed by atoms with van der Waals surface area (Å²) in [5.74, 6) is -0.258. The van der Waals surface area contributed by atoms with E-state index in [1.54, 1.807) is 6.08 Å². The second kappa shape index (κ2) is 6.29. The van der Waals surface area contributed by atoms with Crippen molar-refractivity contribution in [2.24, 2.45) is 0 Å². The van der Waals surface area contributed by atoms with Crippen molar-refractivity contribution in [2.75, 3.05) is 21.2 Å². The van der Waals surface area contributed by atoms with Crippen LogP contribution in [0.2, 0.25) is 0 Å². The molecule has 0 unspecified atom stereocenters. The molecule has 0 aliphatic heterocycles. The fraction of sp³-hybridized carbons (Fsp3) is 0.500. The molecule has 0 aliphatic rings. The summed E-state index contributed by atoms with van der Waals surface area (Å²) in [5, 5.41) is 0. The van der Waals surface area contributed by atoms with Crippen molar-refractivity contribution >= 4 is 5.97 Å². The third-order valence-corrected chi connectivity index (χ3v) is 1.51. The molecule has 3 nitrogen and oxygen atoms in total. The number of allylic oxidation sites excluding steroid dienone is 2. The smallest absolute Gasteiger partial charge is 0.333 e. The van der Waals surface area contributed by atoms with E-state index in [-0.39, 0.29) is 5.97 Å². The van der Waals surface area contributed by atoms with Crippen LogP contribution in [0.3, 0.4) is 0 Å². The van der Waals surface area contributed by atoms with Crippen molar-refractivity contribution < 1.29 is 9.53 Å². The van der Waals surface area contributed by atoms with E-state index in [9.17, 15) is 4.79 Å². The molecule has 0 saturated heterocycles. The van der Waals surface area contributed by atoms with Crippen LogP contribution in [0.5, 0.6) is 0 Å². The molecule has 0 atom stereocenters. The monoisotopic (exact) mass is 183 g/mol. The Kier molecular flexibility index (Phi) is 5.68. The number of hydrogen-bond acceptors (Lipinski definition) is 3. The quantitative estimate of drug-likeness (QED) is 0.376. The van der Waals surface area contributed by atoms with Gasteiger partial charge in [-0.1, -0.05) is 13.0 Å². The molecule has 74 valence electrons. The minimum absolute atomic E-state index is 0.258. The van der Waals surface area contributed by atoms with E-state index in [0.29, 0.717) is 12.0 Å². The van der Waals surface area contributed by atoms with E-state index in [1.807, 2.05) is 38.2 Å². The first kappa shape index (κ1) is 11.8. The lowest BCUT2D eigenvalue weighted by Crippen LogP contribution is -2.04. The standard InChI is InChI=1S/C10H17NO2/c1-5-9(10(12)13-4)7-6-8-11(2)3/h6-8H,5H2,1-4H3/b8-6+,9-7+. The van der Waals surface area contributed by atoms with Gasteiger partial charge in [-0.3, -0.25) is 0 Å². The van der Waals surface area contributed by atoms with Gasteiger partial charge in [0.25, 0.3) is 0 Å². The number of ether oxygens (including phenoxy) is 1. The molecule has 13 heavy (non-hydrogen) atoms. The summed E-state index contributed by atoms with van der Waals surface area (Å²) in [7, 11) is 5.24. The molecule has 0 fully saturated rings. The third-order valence-electron chi connectivity index (χ3n) is 1.51. The van der Waals surface area contributed by atoms with Gasteiger partial charge in [-0.2, -0.15) is 0 Å². The molecular formula is C10H17NO2. The normalized spacial score (nSPS) is 11.8. The number of esters is 1. The molecule has 0 heterocycles. The van der Waals surface area contributed by atoms with Crippen LogP contribution in [0.15, 0.2) is 23.9 Å². The average molecular weight is 183 g/mol. The molecule has 0 N–H and O–H groups in total. The third kappa shape index (κ3) is 5.06. The van der Waals surface area contributed by atoms with Gasteiger partial charge in [0.1, 0.15) is 0 Å². The number of rotatable bonds is 4. The maximum Gasteiger partial charge on any atom is 0.333 e. The summed E-state index contributed by atoms with van der Waals surface area (Å²) >= 11 is 0. The molecule has 0 radical (unpaired) electrons. The Morgan fingerprint density at radius 1 is 1.46 bits per heavy atom. The second-order valence-corrected chi connectivity index (χ2v) is 2.84. The number of carbonyl (C=O) groups excluding carboxylic acids is 1. The topological polar surface area (TPSA) is 29.5 Å². The Morgan fingerprint density at radius 3 is 2.46 bits per heavy atom.